The normalized spacial score (nSPS) is 17.5. The second-order valence-corrected chi connectivity index (χ2v) is 5.70. The molecule has 0 bridgehead atoms. The van der Waals surface area contributed by atoms with E-state index in [1.165, 1.54) is 11.1 Å². The average molecular weight is 278 g/mol. The highest BCUT2D eigenvalue weighted by Crippen LogP contribution is 2.34. The van der Waals surface area contributed by atoms with E-state index in [1.807, 2.05) is 13.0 Å². The van der Waals surface area contributed by atoms with Crippen LogP contribution in [0.5, 0.6) is 0 Å². The second-order valence-electron chi connectivity index (χ2n) is 5.70. The number of fused-ring (bicyclic) bond motifs is 3. The molecular weight excluding hydrogens is 260 g/mol. The van der Waals surface area contributed by atoms with Crippen LogP contribution in [-0.4, -0.2) is 21.3 Å². The lowest BCUT2D eigenvalue weighted by molar-refractivity contribution is 0.483. The molecule has 1 unspecified atom stereocenters. The molecule has 1 aliphatic heterocycles. The fourth-order valence-corrected chi connectivity index (χ4v) is 3.18. The topological polar surface area (TPSA) is 42.7 Å². The van der Waals surface area contributed by atoms with E-state index in [1.54, 1.807) is 0 Å². The number of rotatable bonds is 1. The molecule has 1 N–H and O–H groups in total. The largest absolute Gasteiger partial charge is 0.370 e. The summed E-state index contributed by atoms with van der Waals surface area (Å²) in [7, 11) is 0. The molecule has 0 amide bonds. The van der Waals surface area contributed by atoms with E-state index in [4.69, 9.17) is 5.10 Å². The Kier molecular flexibility index (Phi) is 2.70. The van der Waals surface area contributed by atoms with Crippen LogP contribution in [0.25, 0.3) is 11.0 Å². The first-order valence-electron chi connectivity index (χ1n) is 7.39. The van der Waals surface area contributed by atoms with Crippen LogP contribution < -0.4 is 5.32 Å². The number of aryl methyl sites for hydroxylation is 2. The molecule has 2 aromatic heterocycles. The van der Waals surface area contributed by atoms with Crippen LogP contribution in [-0.2, 0) is 0 Å². The Morgan fingerprint density at radius 2 is 2.00 bits per heavy atom. The van der Waals surface area contributed by atoms with Gasteiger partial charge in [-0.25, -0.2) is 9.67 Å². The molecule has 4 heteroatoms. The highest BCUT2D eigenvalue weighted by Gasteiger charge is 2.25. The summed E-state index contributed by atoms with van der Waals surface area (Å²) in [6.07, 6.45) is 1.05. The van der Waals surface area contributed by atoms with Crippen LogP contribution in [0.1, 0.15) is 29.3 Å². The monoisotopic (exact) mass is 278 g/mol. The van der Waals surface area contributed by atoms with Crippen molar-refractivity contribution in [2.75, 3.05) is 11.9 Å². The summed E-state index contributed by atoms with van der Waals surface area (Å²) >= 11 is 0. The van der Waals surface area contributed by atoms with Crippen molar-refractivity contribution in [1.82, 2.24) is 14.8 Å². The minimum absolute atomic E-state index is 0.289. The van der Waals surface area contributed by atoms with Gasteiger partial charge >= 0.3 is 0 Å². The molecule has 1 aliphatic rings. The zero-order valence-corrected chi connectivity index (χ0v) is 12.3. The molecular formula is C17H18N4. The predicted molar refractivity (Wildman–Crippen MR) is 84.7 cm³/mol. The lowest BCUT2D eigenvalue weighted by atomic mass is 9.98. The van der Waals surface area contributed by atoms with Crippen molar-refractivity contribution in [2.24, 2.45) is 0 Å². The predicted octanol–water partition coefficient (Wildman–Crippen LogP) is 3.45. The SMILES string of the molecule is Cc1ccc2c3n(nc2n1)C(c1ccccc1C)CCN3. The van der Waals surface area contributed by atoms with E-state index < -0.39 is 0 Å². The number of hydrogen-bond donors (Lipinski definition) is 1. The first-order chi connectivity index (χ1) is 10.2. The first-order valence-corrected chi connectivity index (χ1v) is 7.39. The van der Waals surface area contributed by atoms with Crippen LogP contribution in [0.15, 0.2) is 36.4 Å². The smallest absolute Gasteiger partial charge is 0.183 e. The van der Waals surface area contributed by atoms with Gasteiger partial charge in [0.25, 0.3) is 0 Å². The maximum atomic E-state index is 4.76. The molecule has 0 saturated carbocycles. The van der Waals surface area contributed by atoms with Crippen LogP contribution in [0.2, 0.25) is 0 Å². The molecule has 21 heavy (non-hydrogen) atoms. The lowest BCUT2D eigenvalue weighted by Gasteiger charge is -2.27. The molecule has 1 atom stereocenters. The molecule has 3 heterocycles. The molecule has 106 valence electrons. The molecule has 0 fully saturated rings. The third-order valence-electron chi connectivity index (χ3n) is 4.25. The third-order valence-corrected chi connectivity index (χ3v) is 4.25. The number of anilines is 1. The Hall–Kier alpha value is -2.36. The molecule has 1 aromatic carbocycles. The number of nitrogens with one attached hydrogen (secondary N) is 1. The summed E-state index contributed by atoms with van der Waals surface area (Å²) in [5, 5.41) is 9.35. The second kappa shape index (κ2) is 4.58. The van der Waals surface area contributed by atoms with Gasteiger partial charge in [0.2, 0.25) is 0 Å². The maximum absolute atomic E-state index is 4.76. The molecule has 3 aromatic rings. The van der Waals surface area contributed by atoms with Gasteiger partial charge < -0.3 is 5.32 Å². The molecule has 4 rings (SSSR count). The van der Waals surface area contributed by atoms with Crippen molar-refractivity contribution in [3.8, 4) is 0 Å². The fourth-order valence-electron chi connectivity index (χ4n) is 3.18. The summed E-state index contributed by atoms with van der Waals surface area (Å²) in [6.45, 7) is 5.14. The van der Waals surface area contributed by atoms with Crippen molar-refractivity contribution in [2.45, 2.75) is 26.3 Å². The van der Waals surface area contributed by atoms with Crippen molar-refractivity contribution in [3.63, 3.8) is 0 Å². The summed E-state index contributed by atoms with van der Waals surface area (Å²) < 4.78 is 2.11. The van der Waals surface area contributed by atoms with Crippen LogP contribution in [0.3, 0.4) is 0 Å². The van der Waals surface area contributed by atoms with Crippen LogP contribution >= 0.6 is 0 Å². The van der Waals surface area contributed by atoms with E-state index in [9.17, 15) is 0 Å². The quantitative estimate of drug-likeness (QED) is 0.741. The fraction of sp³-hybridized carbons (Fsp3) is 0.294. The Morgan fingerprint density at radius 1 is 1.14 bits per heavy atom. The van der Waals surface area contributed by atoms with E-state index in [-0.39, 0.29) is 6.04 Å². The van der Waals surface area contributed by atoms with Gasteiger partial charge in [-0.05, 0) is 43.5 Å². The van der Waals surface area contributed by atoms with Crippen molar-refractivity contribution in [1.29, 1.82) is 0 Å². The Bertz CT molecular complexity index is 819. The van der Waals surface area contributed by atoms with Gasteiger partial charge in [0.15, 0.2) is 5.65 Å². The number of aromatic nitrogens is 3. The molecule has 0 saturated heterocycles. The summed E-state index contributed by atoms with van der Waals surface area (Å²) in [6, 6.07) is 13.0. The summed E-state index contributed by atoms with van der Waals surface area (Å²) in [5.74, 6) is 1.09. The van der Waals surface area contributed by atoms with Gasteiger partial charge in [-0.1, -0.05) is 24.3 Å². The number of pyridine rings is 1. The van der Waals surface area contributed by atoms with Crippen molar-refractivity contribution < 1.29 is 0 Å². The zero-order chi connectivity index (χ0) is 14.4. The third kappa shape index (κ3) is 1.90. The maximum Gasteiger partial charge on any atom is 0.183 e. The van der Waals surface area contributed by atoms with Gasteiger partial charge in [0.05, 0.1) is 11.4 Å². The lowest BCUT2D eigenvalue weighted by Crippen LogP contribution is -2.24. The molecule has 4 nitrogen and oxygen atoms in total. The highest BCUT2D eigenvalue weighted by molar-refractivity contribution is 5.88. The van der Waals surface area contributed by atoms with Gasteiger partial charge in [0.1, 0.15) is 5.82 Å². The minimum Gasteiger partial charge on any atom is -0.370 e. The average Bonchev–Trinajstić information content (AvgIpc) is 2.85. The standard InChI is InChI=1S/C17H18N4/c1-11-5-3-4-6-13(11)15-9-10-18-17-14-8-7-12(2)19-16(14)20-21(15)17/h3-8,15,18H,9-10H2,1-2H3. The van der Waals surface area contributed by atoms with Crippen LogP contribution in [0, 0.1) is 13.8 Å². The Balaban J connectivity index is 1.92. The molecule has 0 spiro atoms. The Labute approximate surface area is 123 Å². The van der Waals surface area contributed by atoms with Crippen molar-refractivity contribution >= 4 is 16.9 Å². The van der Waals surface area contributed by atoms with Crippen LogP contribution in [0.4, 0.5) is 5.82 Å². The summed E-state index contributed by atoms with van der Waals surface area (Å²) in [4.78, 5) is 4.56. The summed E-state index contributed by atoms with van der Waals surface area (Å²) in [5.41, 5.74) is 4.51. The highest BCUT2D eigenvalue weighted by atomic mass is 15.4. The van der Waals surface area contributed by atoms with E-state index >= 15 is 0 Å². The van der Waals surface area contributed by atoms with Gasteiger partial charge in [-0.2, -0.15) is 0 Å². The van der Waals surface area contributed by atoms with Gasteiger partial charge in [-0.3, -0.25) is 0 Å². The first kappa shape index (κ1) is 12.4. The van der Waals surface area contributed by atoms with E-state index in [0.29, 0.717) is 0 Å². The van der Waals surface area contributed by atoms with Gasteiger partial charge in [-0.15, -0.1) is 5.10 Å². The number of benzene rings is 1. The van der Waals surface area contributed by atoms with E-state index in [2.05, 4.69) is 52.2 Å². The van der Waals surface area contributed by atoms with Crippen molar-refractivity contribution in [3.05, 3.63) is 53.2 Å². The Morgan fingerprint density at radius 3 is 2.86 bits per heavy atom. The number of hydrogen-bond acceptors (Lipinski definition) is 3. The zero-order valence-electron chi connectivity index (χ0n) is 12.3. The van der Waals surface area contributed by atoms with E-state index in [0.717, 1.165) is 35.5 Å². The number of nitrogens with zero attached hydrogens (tertiary/aromatic N) is 3. The molecule has 0 aliphatic carbocycles. The van der Waals surface area contributed by atoms with Gasteiger partial charge in [0, 0.05) is 12.2 Å². The molecule has 0 radical (unpaired) electrons. The minimum atomic E-state index is 0.289.